The molecule has 0 aromatic carbocycles. The van der Waals surface area contributed by atoms with Gasteiger partial charge in [-0.1, -0.05) is 50.3 Å². The number of carboxylic acids is 1. The molecule has 0 aromatic rings. The SMILES string of the molecule is C/C(=C\C(=O)OCCCCCCCCC(=O)O)C[C@@H]1OC[C@@H](C/C=C/[C@@H](C)[C@H](C)O)[C@@H](O)[C@@H]1O. The normalized spacial score (nSPS) is 25.3. The summed E-state index contributed by atoms with van der Waals surface area (Å²) in [4.78, 5) is 22.5. The third kappa shape index (κ3) is 12.6. The van der Waals surface area contributed by atoms with Crippen LogP contribution in [0, 0.1) is 11.8 Å². The van der Waals surface area contributed by atoms with Gasteiger partial charge in [-0.15, -0.1) is 0 Å². The topological polar surface area (TPSA) is 134 Å². The first-order chi connectivity index (χ1) is 16.1. The molecule has 34 heavy (non-hydrogen) atoms. The number of esters is 1. The van der Waals surface area contributed by atoms with E-state index in [2.05, 4.69) is 0 Å². The van der Waals surface area contributed by atoms with Gasteiger partial charge in [0.1, 0.15) is 6.10 Å². The highest BCUT2D eigenvalue weighted by molar-refractivity contribution is 5.82. The predicted molar refractivity (Wildman–Crippen MR) is 129 cm³/mol. The number of carbonyl (C=O) groups is 2. The average molecular weight is 485 g/mol. The summed E-state index contributed by atoms with van der Waals surface area (Å²) in [6.07, 6.45) is 8.56. The summed E-state index contributed by atoms with van der Waals surface area (Å²) in [5, 5.41) is 39.1. The number of carbonyl (C=O) groups excluding carboxylic acids is 1. The van der Waals surface area contributed by atoms with Gasteiger partial charge in [0, 0.05) is 18.4 Å². The minimum absolute atomic E-state index is 0.0160. The fraction of sp³-hybridized carbons (Fsp3) is 0.769. The summed E-state index contributed by atoms with van der Waals surface area (Å²) < 4.78 is 11.0. The number of hydrogen-bond donors (Lipinski definition) is 4. The lowest BCUT2D eigenvalue weighted by Gasteiger charge is -2.37. The zero-order valence-corrected chi connectivity index (χ0v) is 20.9. The molecule has 1 aliphatic heterocycles. The molecule has 0 unspecified atom stereocenters. The first-order valence-corrected chi connectivity index (χ1v) is 12.5. The van der Waals surface area contributed by atoms with Crippen molar-refractivity contribution in [1.29, 1.82) is 0 Å². The van der Waals surface area contributed by atoms with Gasteiger partial charge in [0.2, 0.25) is 0 Å². The largest absolute Gasteiger partial charge is 0.481 e. The maximum atomic E-state index is 12.0. The highest BCUT2D eigenvalue weighted by atomic mass is 16.5. The van der Waals surface area contributed by atoms with Gasteiger partial charge in [-0.3, -0.25) is 4.79 Å². The van der Waals surface area contributed by atoms with Crippen LogP contribution in [0.15, 0.2) is 23.8 Å². The van der Waals surface area contributed by atoms with Crippen molar-refractivity contribution in [3.63, 3.8) is 0 Å². The van der Waals surface area contributed by atoms with Crippen LogP contribution in [-0.4, -0.2) is 70.0 Å². The van der Waals surface area contributed by atoms with Crippen LogP contribution >= 0.6 is 0 Å². The Labute approximate surface area is 203 Å². The Kier molecular flexibility index (Phi) is 15.0. The zero-order chi connectivity index (χ0) is 25.5. The molecule has 0 bridgehead atoms. The lowest BCUT2D eigenvalue weighted by Crippen LogP contribution is -2.50. The van der Waals surface area contributed by atoms with E-state index in [4.69, 9.17) is 14.6 Å². The monoisotopic (exact) mass is 484 g/mol. The first kappa shape index (κ1) is 30.3. The molecule has 1 aliphatic rings. The molecule has 1 rings (SSSR count). The second kappa shape index (κ2) is 16.8. The van der Waals surface area contributed by atoms with Crippen LogP contribution in [-0.2, 0) is 19.1 Å². The lowest BCUT2D eigenvalue weighted by atomic mass is 9.87. The Bertz CT molecular complexity index is 657. The molecular weight excluding hydrogens is 440 g/mol. The number of carboxylic acid groups (broad SMARTS) is 1. The molecule has 0 aliphatic carbocycles. The summed E-state index contributed by atoms with van der Waals surface area (Å²) in [6, 6.07) is 0. The van der Waals surface area contributed by atoms with Crippen molar-refractivity contribution in [2.24, 2.45) is 11.8 Å². The fourth-order valence-electron chi connectivity index (χ4n) is 3.84. The van der Waals surface area contributed by atoms with E-state index < -0.39 is 36.4 Å². The molecule has 0 saturated carbocycles. The Morgan fingerprint density at radius 2 is 1.71 bits per heavy atom. The molecule has 196 valence electrons. The van der Waals surface area contributed by atoms with Crippen LogP contribution in [0.4, 0.5) is 0 Å². The quantitative estimate of drug-likeness (QED) is 0.113. The van der Waals surface area contributed by atoms with E-state index in [9.17, 15) is 24.9 Å². The minimum atomic E-state index is -1.05. The van der Waals surface area contributed by atoms with E-state index in [0.29, 0.717) is 38.0 Å². The number of aliphatic hydroxyl groups excluding tert-OH is 3. The number of unbranched alkanes of at least 4 members (excludes halogenated alkanes) is 5. The highest BCUT2D eigenvalue weighted by Gasteiger charge is 2.37. The Balaban J connectivity index is 2.28. The fourth-order valence-corrected chi connectivity index (χ4v) is 3.84. The third-order valence-electron chi connectivity index (χ3n) is 6.29. The Morgan fingerprint density at radius 3 is 2.35 bits per heavy atom. The molecule has 4 N–H and O–H groups in total. The van der Waals surface area contributed by atoms with Crippen molar-refractivity contribution < 1.29 is 39.5 Å². The van der Waals surface area contributed by atoms with Crippen molar-refractivity contribution in [3.8, 4) is 0 Å². The Hall–Kier alpha value is -1.74. The van der Waals surface area contributed by atoms with E-state index in [1.807, 2.05) is 19.1 Å². The highest BCUT2D eigenvalue weighted by Crippen LogP contribution is 2.27. The molecule has 0 aromatic heterocycles. The molecule has 8 heteroatoms. The second-order valence-corrected chi connectivity index (χ2v) is 9.50. The zero-order valence-electron chi connectivity index (χ0n) is 20.9. The molecule has 0 amide bonds. The summed E-state index contributed by atoms with van der Waals surface area (Å²) in [7, 11) is 0. The number of aliphatic carboxylic acids is 1. The van der Waals surface area contributed by atoms with Crippen LogP contribution < -0.4 is 0 Å². The summed E-state index contributed by atoms with van der Waals surface area (Å²) in [6.45, 7) is 6.05. The number of aliphatic hydroxyl groups is 3. The maximum absolute atomic E-state index is 12.0. The standard InChI is InChI=1S/C26H44O8/c1-18(16-24(30)33-14-9-7-5-4-6-8-13-23(28)29)15-22-26(32)25(31)21(17-34-22)12-10-11-19(2)20(3)27/h10-11,16,19-22,25-27,31-32H,4-9,12-15,17H2,1-3H3,(H,28,29)/b11-10+,18-16+/t19-,20+,21-,22+,25-,26-/m1/s1. The van der Waals surface area contributed by atoms with Gasteiger partial charge in [0.15, 0.2) is 0 Å². The van der Waals surface area contributed by atoms with Gasteiger partial charge < -0.3 is 29.9 Å². The average Bonchev–Trinajstić information content (AvgIpc) is 2.76. The van der Waals surface area contributed by atoms with Gasteiger partial charge in [-0.2, -0.15) is 0 Å². The molecule has 6 atom stereocenters. The van der Waals surface area contributed by atoms with E-state index in [1.165, 1.54) is 6.08 Å². The predicted octanol–water partition coefficient (Wildman–Crippen LogP) is 3.38. The van der Waals surface area contributed by atoms with E-state index in [0.717, 1.165) is 32.1 Å². The minimum Gasteiger partial charge on any atom is -0.481 e. The summed E-state index contributed by atoms with van der Waals surface area (Å²) >= 11 is 0. The number of hydrogen-bond acceptors (Lipinski definition) is 7. The van der Waals surface area contributed by atoms with Crippen molar-refractivity contribution in [1.82, 2.24) is 0 Å². The summed E-state index contributed by atoms with van der Waals surface area (Å²) in [5.41, 5.74) is 0.712. The van der Waals surface area contributed by atoms with Crippen molar-refractivity contribution in [2.45, 2.75) is 103 Å². The molecule has 1 fully saturated rings. The van der Waals surface area contributed by atoms with Gasteiger partial charge in [0.25, 0.3) is 0 Å². The molecule has 0 spiro atoms. The van der Waals surface area contributed by atoms with E-state index in [1.54, 1.807) is 13.8 Å². The summed E-state index contributed by atoms with van der Waals surface area (Å²) in [5.74, 6) is -1.40. The van der Waals surface area contributed by atoms with Crippen LogP contribution in [0.3, 0.4) is 0 Å². The van der Waals surface area contributed by atoms with E-state index >= 15 is 0 Å². The molecular formula is C26H44O8. The smallest absolute Gasteiger partial charge is 0.330 e. The molecule has 1 saturated heterocycles. The van der Waals surface area contributed by atoms with Crippen LogP contribution in [0.5, 0.6) is 0 Å². The number of rotatable bonds is 16. The lowest BCUT2D eigenvalue weighted by molar-refractivity contribution is -0.162. The van der Waals surface area contributed by atoms with Crippen LogP contribution in [0.1, 0.15) is 78.6 Å². The Morgan fingerprint density at radius 1 is 1.06 bits per heavy atom. The molecule has 0 radical (unpaired) electrons. The number of allylic oxidation sites excluding steroid dienone is 1. The van der Waals surface area contributed by atoms with Gasteiger partial charge >= 0.3 is 11.9 Å². The van der Waals surface area contributed by atoms with Gasteiger partial charge in [-0.05, 0) is 45.4 Å². The van der Waals surface area contributed by atoms with E-state index in [-0.39, 0.29) is 18.3 Å². The first-order valence-electron chi connectivity index (χ1n) is 12.5. The van der Waals surface area contributed by atoms with Crippen LogP contribution in [0.2, 0.25) is 0 Å². The third-order valence-corrected chi connectivity index (χ3v) is 6.29. The second-order valence-electron chi connectivity index (χ2n) is 9.50. The molecule has 1 heterocycles. The van der Waals surface area contributed by atoms with Crippen LogP contribution in [0.25, 0.3) is 0 Å². The van der Waals surface area contributed by atoms with Crippen molar-refractivity contribution in [2.75, 3.05) is 13.2 Å². The van der Waals surface area contributed by atoms with Gasteiger partial charge in [0.05, 0.1) is 31.5 Å². The number of ether oxygens (including phenoxy) is 2. The van der Waals surface area contributed by atoms with Crippen molar-refractivity contribution >= 4 is 11.9 Å². The van der Waals surface area contributed by atoms with Gasteiger partial charge in [-0.25, -0.2) is 4.79 Å². The molecule has 8 nitrogen and oxygen atoms in total. The van der Waals surface area contributed by atoms with Crippen molar-refractivity contribution in [3.05, 3.63) is 23.8 Å². The maximum Gasteiger partial charge on any atom is 0.330 e.